The minimum absolute atomic E-state index is 0.116. The first kappa shape index (κ1) is 18.9. The molecule has 3 fully saturated rings. The van der Waals surface area contributed by atoms with E-state index in [4.69, 9.17) is 9.47 Å². The molecule has 0 N–H and O–H groups in total. The summed E-state index contributed by atoms with van der Waals surface area (Å²) in [6, 6.07) is 0. The van der Waals surface area contributed by atoms with E-state index in [9.17, 15) is 4.79 Å². The highest BCUT2D eigenvalue weighted by Crippen LogP contribution is 2.71. The highest BCUT2D eigenvalue weighted by molar-refractivity contribution is 5.82. The van der Waals surface area contributed by atoms with E-state index in [2.05, 4.69) is 34.6 Å². The number of rotatable bonds is 5. The van der Waals surface area contributed by atoms with Crippen LogP contribution < -0.4 is 0 Å². The summed E-state index contributed by atoms with van der Waals surface area (Å²) in [5, 5.41) is 0. The van der Waals surface area contributed by atoms with E-state index in [1.165, 1.54) is 25.7 Å². The van der Waals surface area contributed by atoms with Crippen molar-refractivity contribution in [1.29, 1.82) is 0 Å². The molecule has 0 unspecified atom stereocenters. The van der Waals surface area contributed by atoms with Gasteiger partial charge in [-0.25, -0.2) is 4.79 Å². The fourth-order valence-electron chi connectivity index (χ4n) is 6.05. The minimum Gasteiger partial charge on any atom is -0.463 e. The fraction of sp³-hybridized carbons (Fsp3) is 0.864. The van der Waals surface area contributed by atoms with Gasteiger partial charge in [-0.2, -0.15) is 0 Å². The summed E-state index contributed by atoms with van der Waals surface area (Å²) in [5.74, 6) is 1.11. The molecule has 1 heterocycles. The van der Waals surface area contributed by atoms with Gasteiger partial charge in [-0.05, 0) is 68.6 Å². The third kappa shape index (κ3) is 2.97. The second kappa shape index (κ2) is 6.40. The lowest BCUT2D eigenvalue weighted by Gasteiger charge is -2.55. The van der Waals surface area contributed by atoms with Gasteiger partial charge in [0.15, 0.2) is 0 Å². The van der Waals surface area contributed by atoms with Gasteiger partial charge < -0.3 is 9.47 Å². The van der Waals surface area contributed by atoms with Gasteiger partial charge in [-0.3, -0.25) is 0 Å². The van der Waals surface area contributed by atoms with E-state index in [0.717, 1.165) is 18.4 Å². The molecule has 0 bridgehead atoms. The zero-order chi connectivity index (χ0) is 18.5. The van der Waals surface area contributed by atoms with E-state index < -0.39 is 0 Å². The van der Waals surface area contributed by atoms with Crippen LogP contribution in [-0.2, 0) is 14.3 Å². The fourth-order valence-corrected chi connectivity index (χ4v) is 6.05. The van der Waals surface area contributed by atoms with Crippen LogP contribution in [0.3, 0.4) is 0 Å². The van der Waals surface area contributed by atoms with Crippen LogP contribution in [0.25, 0.3) is 0 Å². The molecular weight excluding hydrogens is 312 g/mol. The topological polar surface area (TPSA) is 38.8 Å². The van der Waals surface area contributed by atoms with Gasteiger partial charge in [0.25, 0.3) is 0 Å². The number of hydrogen-bond acceptors (Lipinski definition) is 3. The van der Waals surface area contributed by atoms with Crippen LogP contribution in [0, 0.1) is 22.7 Å². The van der Waals surface area contributed by atoms with Crippen molar-refractivity contribution in [2.45, 2.75) is 91.8 Å². The molecule has 1 aliphatic heterocycles. The monoisotopic (exact) mass is 348 g/mol. The molecule has 142 valence electrons. The van der Waals surface area contributed by atoms with Gasteiger partial charge in [-0.1, -0.05) is 39.7 Å². The Morgan fingerprint density at radius 1 is 1.32 bits per heavy atom. The summed E-state index contributed by atoms with van der Waals surface area (Å²) in [5.41, 5.74) is 1.83. The van der Waals surface area contributed by atoms with E-state index in [-0.39, 0.29) is 22.4 Å². The van der Waals surface area contributed by atoms with E-state index in [0.29, 0.717) is 24.5 Å². The number of allylic oxidation sites excluding steroid dienone is 1. The lowest BCUT2D eigenvalue weighted by atomic mass is 9.47. The summed E-state index contributed by atoms with van der Waals surface area (Å²) in [4.78, 5) is 11.7. The molecule has 3 rings (SSSR count). The van der Waals surface area contributed by atoms with E-state index >= 15 is 0 Å². The number of hydrogen-bond donors (Lipinski definition) is 0. The van der Waals surface area contributed by atoms with Crippen LogP contribution >= 0.6 is 0 Å². The van der Waals surface area contributed by atoms with Crippen LogP contribution in [0.4, 0.5) is 0 Å². The number of epoxide rings is 1. The van der Waals surface area contributed by atoms with Gasteiger partial charge in [0.05, 0.1) is 12.7 Å². The SMILES string of the molecule is CCOC(=O)/C=C(\C)CC[C@@]1(C)[C@H](C)C[C@@H]2O[C@]23[C@@H]1CCCC3(C)C. The Morgan fingerprint density at radius 3 is 2.72 bits per heavy atom. The van der Waals surface area contributed by atoms with Crippen molar-refractivity contribution in [3.8, 4) is 0 Å². The molecule has 0 amide bonds. The summed E-state index contributed by atoms with van der Waals surface area (Å²) in [7, 11) is 0. The van der Waals surface area contributed by atoms with E-state index in [1.807, 2.05) is 6.92 Å². The standard InChI is InChI=1S/C22H36O3/c1-7-24-19(23)13-15(2)10-12-21(6)16(3)14-18-22(25-18)17(21)9-8-11-20(22,4)5/h13,16-18H,7-12,14H2,1-6H3/b15-13+/t16-,17-,18+,21+,22-/m1/s1. The van der Waals surface area contributed by atoms with Gasteiger partial charge in [0.2, 0.25) is 0 Å². The van der Waals surface area contributed by atoms with Crippen LogP contribution in [0.1, 0.15) is 80.1 Å². The third-order valence-electron chi connectivity index (χ3n) is 7.83. The maximum atomic E-state index is 11.7. The normalized spacial score (nSPS) is 42.3. The van der Waals surface area contributed by atoms with Gasteiger partial charge in [0, 0.05) is 6.08 Å². The summed E-state index contributed by atoms with van der Waals surface area (Å²) < 4.78 is 11.5. The Kier molecular flexibility index (Phi) is 4.85. The summed E-state index contributed by atoms with van der Waals surface area (Å²) >= 11 is 0. The maximum Gasteiger partial charge on any atom is 0.330 e. The molecule has 5 atom stereocenters. The maximum absolute atomic E-state index is 11.7. The second-order valence-corrected chi connectivity index (χ2v) is 9.61. The molecule has 2 aliphatic carbocycles. The molecule has 3 aliphatic rings. The Morgan fingerprint density at radius 2 is 2.04 bits per heavy atom. The van der Waals surface area contributed by atoms with Crippen molar-refractivity contribution in [1.82, 2.24) is 0 Å². The molecule has 0 aromatic rings. The molecule has 1 spiro atoms. The number of carbonyl (C=O) groups excluding carboxylic acids is 1. The molecule has 3 heteroatoms. The minimum atomic E-state index is -0.206. The average molecular weight is 349 g/mol. The quantitative estimate of drug-likeness (QED) is 0.385. The molecule has 25 heavy (non-hydrogen) atoms. The van der Waals surface area contributed by atoms with Crippen molar-refractivity contribution in [3.63, 3.8) is 0 Å². The predicted octanol–water partition coefficient (Wildman–Crippen LogP) is 5.29. The lowest BCUT2D eigenvalue weighted by Crippen LogP contribution is -2.56. The van der Waals surface area contributed by atoms with Crippen LogP contribution in [0.15, 0.2) is 11.6 Å². The van der Waals surface area contributed by atoms with Crippen molar-refractivity contribution < 1.29 is 14.3 Å². The Hall–Kier alpha value is -0.830. The van der Waals surface area contributed by atoms with Crippen molar-refractivity contribution in [2.24, 2.45) is 22.7 Å². The second-order valence-electron chi connectivity index (χ2n) is 9.61. The summed E-state index contributed by atoms with van der Waals surface area (Å²) in [6.07, 6.45) is 9.34. The molecule has 1 saturated heterocycles. The Bertz CT molecular complexity index is 564. The zero-order valence-electron chi connectivity index (χ0n) is 17.0. The van der Waals surface area contributed by atoms with Crippen molar-refractivity contribution >= 4 is 5.97 Å². The summed E-state index contributed by atoms with van der Waals surface area (Å²) in [6.45, 7) is 14.1. The van der Waals surface area contributed by atoms with Gasteiger partial charge in [0.1, 0.15) is 5.60 Å². The molecule has 0 aromatic carbocycles. The smallest absolute Gasteiger partial charge is 0.330 e. The highest BCUT2D eigenvalue weighted by Gasteiger charge is 2.75. The van der Waals surface area contributed by atoms with Gasteiger partial charge in [-0.15, -0.1) is 0 Å². The Labute approximate surface area is 153 Å². The van der Waals surface area contributed by atoms with Crippen LogP contribution in [0.5, 0.6) is 0 Å². The van der Waals surface area contributed by atoms with Crippen molar-refractivity contribution in [2.75, 3.05) is 6.61 Å². The van der Waals surface area contributed by atoms with E-state index in [1.54, 1.807) is 6.08 Å². The average Bonchev–Trinajstić information content (AvgIpc) is 3.23. The molecule has 3 nitrogen and oxygen atoms in total. The first-order chi connectivity index (χ1) is 11.7. The lowest BCUT2D eigenvalue weighted by molar-refractivity contribution is -0.137. The predicted molar refractivity (Wildman–Crippen MR) is 100 cm³/mol. The van der Waals surface area contributed by atoms with Crippen molar-refractivity contribution in [3.05, 3.63) is 11.6 Å². The number of ether oxygens (including phenoxy) is 2. The molecule has 0 aromatic heterocycles. The largest absolute Gasteiger partial charge is 0.463 e. The van der Waals surface area contributed by atoms with Crippen LogP contribution in [-0.4, -0.2) is 24.3 Å². The Balaban J connectivity index is 1.76. The molecule has 0 radical (unpaired) electrons. The third-order valence-corrected chi connectivity index (χ3v) is 7.83. The molecular formula is C22H36O3. The number of esters is 1. The zero-order valence-corrected chi connectivity index (χ0v) is 17.0. The highest BCUT2D eigenvalue weighted by atomic mass is 16.6. The van der Waals surface area contributed by atoms with Gasteiger partial charge >= 0.3 is 5.97 Å². The van der Waals surface area contributed by atoms with Crippen LogP contribution in [0.2, 0.25) is 0 Å². The first-order valence-corrected chi connectivity index (χ1v) is 10.2. The first-order valence-electron chi connectivity index (χ1n) is 10.2. The number of carbonyl (C=O) groups is 1. The molecule has 2 saturated carbocycles.